The minimum atomic E-state index is -0.597. The van der Waals surface area contributed by atoms with Crippen molar-refractivity contribution in [3.05, 3.63) is 24.8 Å². The highest BCUT2D eigenvalue weighted by atomic mass is 16.3. The fourth-order valence-electron chi connectivity index (χ4n) is 1.31. The normalized spacial score (nSPS) is 15.5. The summed E-state index contributed by atoms with van der Waals surface area (Å²) in [4.78, 5) is 0. The van der Waals surface area contributed by atoms with Gasteiger partial charge in [0.1, 0.15) is 0 Å². The second kappa shape index (κ2) is 5.23. The van der Waals surface area contributed by atoms with Gasteiger partial charge in [0, 0.05) is 0 Å². The van der Waals surface area contributed by atoms with Crippen molar-refractivity contribution in [3.8, 4) is 0 Å². The molecule has 1 atom stereocenters. The molecule has 0 aliphatic carbocycles. The van der Waals surface area contributed by atoms with E-state index >= 15 is 0 Å². The van der Waals surface area contributed by atoms with Crippen molar-refractivity contribution in [2.45, 2.75) is 45.6 Å². The predicted octanol–water partition coefficient (Wildman–Crippen LogP) is 3.31. The molecule has 76 valence electrons. The Hall–Kier alpha value is -0.560. The van der Waals surface area contributed by atoms with E-state index in [1.165, 1.54) is 0 Å². The Labute approximate surface area is 82.2 Å². The zero-order valence-electron chi connectivity index (χ0n) is 9.14. The van der Waals surface area contributed by atoms with Crippen LogP contribution in [-0.4, -0.2) is 10.7 Å². The van der Waals surface area contributed by atoms with Gasteiger partial charge in [-0.3, -0.25) is 0 Å². The number of allylic oxidation sites excluding steroid dienone is 1. The molecular weight excluding hydrogens is 160 g/mol. The minimum absolute atomic E-state index is 0.268. The molecule has 0 saturated heterocycles. The molecule has 1 nitrogen and oxygen atoms in total. The summed E-state index contributed by atoms with van der Waals surface area (Å²) in [7, 11) is 0. The number of hydrogen-bond donors (Lipinski definition) is 1. The lowest BCUT2D eigenvalue weighted by molar-refractivity contribution is -0.00983. The predicted molar refractivity (Wildman–Crippen MR) is 58.6 cm³/mol. The molecule has 0 rings (SSSR count). The molecular formula is C12H22O. The van der Waals surface area contributed by atoms with Crippen LogP contribution in [0.2, 0.25) is 0 Å². The van der Waals surface area contributed by atoms with E-state index in [0.29, 0.717) is 6.42 Å². The topological polar surface area (TPSA) is 20.2 Å². The molecule has 0 amide bonds. The summed E-state index contributed by atoms with van der Waals surface area (Å²) in [5.74, 6) is 0.268. The summed E-state index contributed by atoms with van der Waals surface area (Å²) in [6.07, 6.45) is 4.13. The van der Waals surface area contributed by atoms with E-state index in [-0.39, 0.29) is 5.92 Å². The fourth-order valence-corrected chi connectivity index (χ4v) is 1.31. The molecule has 0 spiro atoms. The summed E-state index contributed by atoms with van der Waals surface area (Å²) in [6, 6.07) is 0. The molecule has 0 aromatic rings. The van der Waals surface area contributed by atoms with Gasteiger partial charge in [-0.25, -0.2) is 0 Å². The molecule has 0 aliphatic rings. The Morgan fingerprint density at radius 1 is 1.54 bits per heavy atom. The maximum atomic E-state index is 10.2. The first kappa shape index (κ1) is 12.4. The zero-order chi connectivity index (χ0) is 10.5. The van der Waals surface area contributed by atoms with Crippen LogP contribution in [0.5, 0.6) is 0 Å². The minimum Gasteiger partial charge on any atom is -0.389 e. The summed E-state index contributed by atoms with van der Waals surface area (Å²) in [5.41, 5.74) is 0.531. The highest BCUT2D eigenvalue weighted by molar-refractivity contribution is 4.95. The van der Waals surface area contributed by atoms with Crippen LogP contribution in [0, 0.1) is 5.92 Å². The second-order valence-electron chi connectivity index (χ2n) is 4.21. The lowest BCUT2D eigenvalue weighted by atomic mass is 9.82. The zero-order valence-corrected chi connectivity index (χ0v) is 9.14. The first-order chi connectivity index (χ1) is 5.92. The Morgan fingerprint density at radius 2 is 2.08 bits per heavy atom. The van der Waals surface area contributed by atoms with Crippen LogP contribution in [0.4, 0.5) is 0 Å². The lowest BCUT2D eigenvalue weighted by Gasteiger charge is -2.31. The van der Waals surface area contributed by atoms with Gasteiger partial charge in [0.15, 0.2) is 0 Å². The Bertz CT molecular complexity index is 182. The van der Waals surface area contributed by atoms with Crippen LogP contribution < -0.4 is 0 Å². The fraction of sp³-hybridized carbons (Fsp3) is 0.667. The van der Waals surface area contributed by atoms with E-state index in [4.69, 9.17) is 0 Å². The maximum Gasteiger partial charge on any atom is 0.0707 e. The van der Waals surface area contributed by atoms with Crippen molar-refractivity contribution in [2.24, 2.45) is 5.92 Å². The van der Waals surface area contributed by atoms with Crippen molar-refractivity contribution >= 4 is 0 Å². The first-order valence-corrected chi connectivity index (χ1v) is 4.90. The monoisotopic (exact) mass is 182 g/mol. The number of aliphatic hydroxyl groups is 1. The molecule has 0 heterocycles. The molecule has 0 aromatic carbocycles. The van der Waals surface area contributed by atoms with Gasteiger partial charge >= 0.3 is 0 Å². The van der Waals surface area contributed by atoms with Gasteiger partial charge in [0.25, 0.3) is 0 Å². The van der Waals surface area contributed by atoms with Crippen molar-refractivity contribution in [3.63, 3.8) is 0 Å². The van der Waals surface area contributed by atoms with Gasteiger partial charge in [-0.05, 0) is 32.1 Å². The van der Waals surface area contributed by atoms with Gasteiger partial charge in [-0.1, -0.05) is 25.5 Å². The van der Waals surface area contributed by atoms with Crippen LogP contribution in [-0.2, 0) is 0 Å². The summed E-state index contributed by atoms with van der Waals surface area (Å²) in [6.45, 7) is 13.6. The SMILES string of the molecule is C=CC[C@@](O)(CCC(=C)C)C(C)C. The largest absolute Gasteiger partial charge is 0.389 e. The van der Waals surface area contributed by atoms with Crippen molar-refractivity contribution in [1.29, 1.82) is 0 Å². The number of rotatable bonds is 6. The van der Waals surface area contributed by atoms with Gasteiger partial charge in [0.2, 0.25) is 0 Å². The van der Waals surface area contributed by atoms with Crippen molar-refractivity contribution in [2.75, 3.05) is 0 Å². The van der Waals surface area contributed by atoms with Gasteiger partial charge in [0.05, 0.1) is 5.60 Å². The van der Waals surface area contributed by atoms with Crippen LogP contribution in [0.3, 0.4) is 0 Å². The van der Waals surface area contributed by atoms with E-state index in [1.807, 2.05) is 20.8 Å². The van der Waals surface area contributed by atoms with Crippen molar-refractivity contribution in [1.82, 2.24) is 0 Å². The lowest BCUT2D eigenvalue weighted by Crippen LogP contribution is -2.34. The maximum absolute atomic E-state index is 10.2. The molecule has 0 aliphatic heterocycles. The molecule has 1 heteroatoms. The molecule has 0 unspecified atom stereocenters. The molecule has 0 fully saturated rings. The van der Waals surface area contributed by atoms with E-state index in [0.717, 1.165) is 18.4 Å². The Morgan fingerprint density at radius 3 is 2.38 bits per heavy atom. The molecule has 1 N–H and O–H groups in total. The van der Waals surface area contributed by atoms with Crippen LogP contribution in [0.15, 0.2) is 24.8 Å². The quantitative estimate of drug-likeness (QED) is 0.625. The highest BCUT2D eigenvalue weighted by Crippen LogP contribution is 2.28. The Balaban J connectivity index is 4.23. The van der Waals surface area contributed by atoms with Gasteiger partial charge < -0.3 is 5.11 Å². The van der Waals surface area contributed by atoms with E-state index in [9.17, 15) is 5.11 Å². The van der Waals surface area contributed by atoms with Crippen LogP contribution >= 0.6 is 0 Å². The third-order valence-electron chi connectivity index (χ3n) is 2.56. The van der Waals surface area contributed by atoms with Crippen LogP contribution in [0.25, 0.3) is 0 Å². The average molecular weight is 182 g/mol. The third kappa shape index (κ3) is 4.28. The summed E-state index contributed by atoms with van der Waals surface area (Å²) < 4.78 is 0. The van der Waals surface area contributed by atoms with E-state index < -0.39 is 5.60 Å². The Kier molecular flexibility index (Phi) is 5.01. The van der Waals surface area contributed by atoms with Gasteiger partial charge in [-0.15, -0.1) is 13.2 Å². The average Bonchev–Trinajstić information content (AvgIpc) is 2.01. The first-order valence-electron chi connectivity index (χ1n) is 4.90. The summed E-state index contributed by atoms with van der Waals surface area (Å²) >= 11 is 0. The molecule has 0 bridgehead atoms. The third-order valence-corrected chi connectivity index (χ3v) is 2.56. The standard InChI is InChI=1S/C12H22O/c1-6-8-12(13,11(4)5)9-7-10(2)3/h6,11,13H,1-2,7-9H2,3-5H3/t12-/m1/s1. The highest BCUT2D eigenvalue weighted by Gasteiger charge is 2.28. The van der Waals surface area contributed by atoms with E-state index in [1.54, 1.807) is 6.08 Å². The molecule has 13 heavy (non-hydrogen) atoms. The number of hydrogen-bond acceptors (Lipinski definition) is 1. The van der Waals surface area contributed by atoms with Gasteiger partial charge in [-0.2, -0.15) is 0 Å². The van der Waals surface area contributed by atoms with Crippen molar-refractivity contribution < 1.29 is 5.11 Å². The molecule has 0 aromatic heterocycles. The molecule has 0 radical (unpaired) electrons. The molecule has 0 saturated carbocycles. The smallest absolute Gasteiger partial charge is 0.0707 e. The summed E-state index contributed by atoms with van der Waals surface area (Å²) in [5, 5.41) is 10.2. The van der Waals surface area contributed by atoms with E-state index in [2.05, 4.69) is 13.2 Å². The second-order valence-corrected chi connectivity index (χ2v) is 4.21. The van der Waals surface area contributed by atoms with Crippen LogP contribution in [0.1, 0.15) is 40.0 Å².